The Balaban J connectivity index is 1.04. The van der Waals surface area contributed by atoms with Gasteiger partial charge in [0.05, 0.1) is 26.4 Å². The van der Waals surface area contributed by atoms with Crippen LogP contribution in [0.3, 0.4) is 0 Å². The molecule has 0 radical (unpaired) electrons. The fraction of sp³-hybridized carbons (Fsp3) is 0.484. The first-order valence-corrected chi connectivity index (χ1v) is 15.1. The lowest BCUT2D eigenvalue weighted by Crippen LogP contribution is -2.27. The highest BCUT2D eigenvalue weighted by atomic mass is 16.7. The molecule has 0 saturated heterocycles. The molecule has 0 spiro atoms. The van der Waals surface area contributed by atoms with Crippen molar-refractivity contribution in [3.63, 3.8) is 0 Å². The number of anilines is 3. The summed E-state index contributed by atoms with van der Waals surface area (Å²) < 4.78 is 22.2. The minimum Gasteiger partial charge on any atom is -0.454 e. The summed E-state index contributed by atoms with van der Waals surface area (Å²) in [6.45, 7) is 3.52. The average molecular weight is 592 g/mol. The number of hydrogen-bond acceptors (Lipinski definition) is 11. The molecule has 0 unspecified atom stereocenters. The standard InChI is InChI=1S/C31H41N7O5/c39-28(24-8-4-3-5-9-24)32-14-16-40-18-19-41-17-15-33-29-36-30(34-21-23-12-13-26-27(20-23)43-22-42-26)38-31(37-29)35-25-10-6-1-2-7-11-25/h3-5,8-9,12-13,20,25H,1-2,6-7,10-11,14-19,21-22H2,(H,32,39)(H3,33,34,35,36,37,38). The Morgan fingerprint density at radius 1 is 0.767 bits per heavy atom. The lowest BCUT2D eigenvalue weighted by Gasteiger charge is -2.17. The maximum atomic E-state index is 12.0. The third-order valence-electron chi connectivity index (χ3n) is 7.18. The van der Waals surface area contributed by atoms with E-state index in [-0.39, 0.29) is 12.7 Å². The van der Waals surface area contributed by atoms with Gasteiger partial charge in [0.2, 0.25) is 24.6 Å². The summed E-state index contributed by atoms with van der Waals surface area (Å²) in [5, 5.41) is 12.9. The molecule has 12 heteroatoms. The molecule has 4 N–H and O–H groups in total. The van der Waals surface area contributed by atoms with E-state index >= 15 is 0 Å². The van der Waals surface area contributed by atoms with Crippen LogP contribution >= 0.6 is 0 Å². The smallest absolute Gasteiger partial charge is 0.251 e. The van der Waals surface area contributed by atoms with Crippen LogP contribution in [0.1, 0.15) is 54.4 Å². The molecule has 2 aliphatic rings. The summed E-state index contributed by atoms with van der Waals surface area (Å²) in [5.74, 6) is 2.92. The van der Waals surface area contributed by atoms with Crippen LogP contribution in [-0.4, -0.2) is 73.2 Å². The van der Waals surface area contributed by atoms with Crippen LogP contribution in [-0.2, 0) is 16.0 Å². The summed E-state index contributed by atoms with van der Waals surface area (Å²) >= 11 is 0. The Hall–Kier alpha value is -4.16. The number of hydrogen-bond donors (Lipinski definition) is 4. The quantitative estimate of drug-likeness (QED) is 0.141. The Labute approximate surface area is 252 Å². The molecule has 2 heterocycles. The van der Waals surface area contributed by atoms with E-state index in [4.69, 9.17) is 18.9 Å². The molecule has 1 amide bonds. The molecular weight excluding hydrogens is 550 g/mol. The molecule has 5 rings (SSSR count). The predicted octanol–water partition coefficient (Wildman–Crippen LogP) is 4.22. The van der Waals surface area contributed by atoms with Crippen LogP contribution in [0.15, 0.2) is 48.5 Å². The Bertz CT molecular complexity index is 1290. The third-order valence-corrected chi connectivity index (χ3v) is 7.18. The predicted molar refractivity (Wildman–Crippen MR) is 164 cm³/mol. The number of rotatable bonds is 16. The van der Waals surface area contributed by atoms with Crippen molar-refractivity contribution in [2.45, 2.75) is 51.1 Å². The summed E-state index contributed by atoms with van der Waals surface area (Å²) in [5.41, 5.74) is 1.67. The first-order valence-electron chi connectivity index (χ1n) is 15.1. The zero-order chi connectivity index (χ0) is 29.5. The number of benzene rings is 2. The van der Waals surface area contributed by atoms with Crippen molar-refractivity contribution in [2.24, 2.45) is 0 Å². The summed E-state index contributed by atoms with van der Waals surface area (Å²) in [4.78, 5) is 25.9. The zero-order valence-corrected chi connectivity index (χ0v) is 24.5. The van der Waals surface area contributed by atoms with Crippen LogP contribution in [0, 0.1) is 0 Å². The number of aromatic nitrogens is 3. The van der Waals surface area contributed by atoms with Gasteiger partial charge in [-0.3, -0.25) is 4.79 Å². The number of ether oxygens (including phenoxy) is 4. The van der Waals surface area contributed by atoms with Crippen molar-refractivity contribution in [1.82, 2.24) is 20.3 Å². The molecule has 3 aromatic rings. The minimum absolute atomic E-state index is 0.108. The Morgan fingerprint density at radius 2 is 1.47 bits per heavy atom. The molecule has 230 valence electrons. The van der Waals surface area contributed by atoms with Crippen LogP contribution in [0.25, 0.3) is 0 Å². The molecule has 1 saturated carbocycles. The normalized spacial score (nSPS) is 14.6. The van der Waals surface area contributed by atoms with Gasteiger partial charge in [0.15, 0.2) is 11.5 Å². The first kappa shape index (κ1) is 30.3. The van der Waals surface area contributed by atoms with Crippen molar-refractivity contribution < 1.29 is 23.7 Å². The van der Waals surface area contributed by atoms with Gasteiger partial charge < -0.3 is 40.2 Å². The molecule has 12 nitrogen and oxygen atoms in total. The van der Waals surface area contributed by atoms with Gasteiger partial charge in [-0.2, -0.15) is 15.0 Å². The lowest BCUT2D eigenvalue weighted by molar-refractivity contribution is 0.0519. The maximum absolute atomic E-state index is 12.0. The van der Waals surface area contributed by atoms with Gasteiger partial charge in [-0.1, -0.05) is 49.9 Å². The van der Waals surface area contributed by atoms with Crippen molar-refractivity contribution >= 4 is 23.8 Å². The number of nitrogens with one attached hydrogen (secondary N) is 4. The molecule has 1 aliphatic carbocycles. The average Bonchev–Trinajstić information content (AvgIpc) is 3.36. The van der Waals surface area contributed by atoms with Crippen molar-refractivity contribution in [1.29, 1.82) is 0 Å². The van der Waals surface area contributed by atoms with E-state index < -0.39 is 0 Å². The van der Waals surface area contributed by atoms with Gasteiger partial charge in [-0.25, -0.2) is 0 Å². The summed E-state index contributed by atoms with van der Waals surface area (Å²) in [7, 11) is 0. The van der Waals surface area contributed by atoms with Crippen LogP contribution in [0.2, 0.25) is 0 Å². The van der Waals surface area contributed by atoms with Crippen LogP contribution in [0.4, 0.5) is 17.8 Å². The van der Waals surface area contributed by atoms with Gasteiger partial charge in [0.25, 0.3) is 5.91 Å². The van der Waals surface area contributed by atoms with Gasteiger partial charge in [0, 0.05) is 31.2 Å². The molecule has 1 aliphatic heterocycles. The number of carbonyl (C=O) groups is 1. The largest absolute Gasteiger partial charge is 0.454 e. The van der Waals surface area contributed by atoms with E-state index in [1.807, 2.05) is 36.4 Å². The summed E-state index contributed by atoms with van der Waals surface area (Å²) in [6.07, 6.45) is 7.22. The highest BCUT2D eigenvalue weighted by molar-refractivity contribution is 5.94. The number of amides is 1. The van der Waals surface area contributed by atoms with E-state index in [0.717, 1.165) is 29.9 Å². The zero-order valence-electron chi connectivity index (χ0n) is 24.5. The number of carbonyl (C=O) groups excluding carboxylic acids is 1. The Morgan fingerprint density at radius 3 is 2.26 bits per heavy atom. The Kier molecular flexibility index (Phi) is 11.6. The lowest BCUT2D eigenvalue weighted by atomic mass is 10.1. The van der Waals surface area contributed by atoms with Gasteiger partial charge in [-0.05, 0) is 42.7 Å². The van der Waals surface area contributed by atoms with E-state index in [2.05, 4.69) is 36.2 Å². The first-order chi connectivity index (χ1) is 21.2. The molecular formula is C31H41N7O5. The molecule has 43 heavy (non-hydrogen) atoms. The van der Waals surface area contributed by atoms with Gasteiger partial charge in [-0.15, -0.1) is 0 Å². The van der Waals surface area contributed by atoms with Crippen molar-refractivity contribution in [2.75, 3.05) is 62.3 Å². The second-order valence-electron chi connectivity index (χ2n) is 10.5. The van der Waals surface area contributed by atoms with E-state index in [9.17, 15) is 4.79 Å². The van der Waals surface area contributed by atoms with E-state index in [1.54, 1.807) is 12.1 Å². The van der Waals surface area contributed by atoms with Crippen LogP contribution < -0.4 is 30.7 Å². The molecule has 1 aromatic heterocycles. The summed E-state index contributed by atoms with van der Waals surface area (Å²) in [6, 6.07) is 15.3. The van der Waals surface area contributed by atoms with Crippen LogP contribution in [0.5, 0.6) is 11.5 Å². The maximum Gasteiger partial charge on any atom is 0.251 e. The SMILES string of the molecule is O=C(NCCOCCOCCNc1nc(NCc2ccc3c(c2)OCO3)nc(NC2CCCCCC2)n1)c1ccccc1. The molecule has 2 aromatic carbocycles. The molecule has 0 atom stereocenters. The molecule has 1 fully saturated rings. The number of nitrogens with zero attached hydrogens (tertiary/aromatic N) is 3. The monoisotopic (exact) mass is 591 g/mol. The number of fused-ring (bicyclic) bond motifs is 1. The second kappa shape index (κ2) is 16.5. The van der Waals surface area contributed by atoms with E-state index in [0.29, 0.717) is 75.5 Å². The highest BCUT2D eigenvalue weighted by Crippen LogP contribution is 2.32. The topological polar surface area (TPSA) is 141 Å². The molecule has 0 bridgehead atoms. The minimum atomic E-state index is -0.108. The third kappa shape index (κ3) is 9.97. The fourth-order valence-corrected chi connectivity index (χ4v) is 4.92. The van der Waals surface area contributed by atoms with Gasteiger partial charge in [0.1, 0.15) is 0 Å². The van der Waals surface area contributed by atoms with Crippen molar-refractivity contribution in [3.8, 4) is 11.5 Å². The highest BCUT2D eigenvalue weighted by Gasteiger charge is 2.16. The second-order valence-corrected chi connectivity index (χ2v) is 10.5. The fourth-order valence-electron chi connectivity index (χ4n) is 4.92. The van der Waals surface area contributed by atoms with E-state index in [1.165, 1.54) is 25.7 Å². The van der Waals surface area contributed by atoms with Gasteiger partial charge >= 0.3 is 0 Å². The van der Waals surface area contributed by atoms with Crippen molar-refractivity contribution in [3.05, 3.63) is 59.7 Å².